The Balaban J connectivity index is 1.35. The van der Waals surface area contributed by atoms with Gasteiger partial charge >= 0.3 is 11.9 Å². The molecule has 3 saturated carbocycles. The number of hydrogen-bond acceptors (Lipinski definition) is 4. The first-order chi connectivity index (χ1) is 12.9. The van der Waals surface area contributed by atoms with Crippen molar-refractivity contribution in [3.05, 3.63) is 24.3 Å². The third-order valence-corrected chi connectivity index (χ3v) is 7.42. The standard InChI is InChI=1S/C23H30O4/c1-4-23(2,3)22(25)27-16-10-8-15(9-11-16)26-21(24)20-13-14-12-19(20)18-7-5-6-17(14)18/h8-11,14,17-20H,4-7,12-13H2,1-3H3. The van der Waals surface area contributed by atoms with E-state index in [1.807, 2.05) is 20.8 Å². The van der Waals surface area contributed by atoms with Crippen LogP contribution in [0.3, 0.4) is 0 Å². The fourth-order valence-electron chi connectivity index (χ4n) is 5.50. The Morgan fingerprint density at radius 1 is 0.963 bits per heavy atom. The van der Waals surface area contributed by atoms with Crippen molar-refractivity contribution < 1.29 is 19.1 Å². The SMILES string of the molecule is CCC(C)(C)C(=O)Oc1ccc(OC(=O)C2CC3CC2C2CCCC32)cc1. The molecule has 4 nitrogen and oxygen atoms in total. The quantitative estimate of drug-likeness (QED) is 0.540. The number of carbonyl (C=O) groups is 2. The fraction of sp³-hybridized carbons (Fsp3) is 0.652. The zero-order chi connectivity index (χ0) is 19.2. The molecule has 5 unspecified atom stereocenters. The van der Waals surface area contributed by atoms with E-state index in [1.165, 1.54) is 25.7 Å². The first-order valence-electron chi connectivity index (χ1n) is 10.4. The van der Waals surface area contributed by atoms with Crippen molar-refractivity contribution >= 4 is 11.9 Å². The number of fused-ring (bicyclic) bond motifs is 5. The Morgan fingerprint density at radius 2 is 1.59 bits per heavy atom. The van der Waals surface area contributed by atoms with Crippen LogP contribution in [0.4, 0.5) is 0 Å². The van der Waals surface area contributed by atoms with Crippen molar-refractivity contribution in [1.82, 2.24) is 0 Å². The van der Waals surface area contributed by atoms with Gasteiger partial charge in [-0.1, -0.05) is 13.3 Å². The largest absolute Gasteiger partial charge is 0.426 e. The minimum absolute atomic E-state index is 0.0669. The summed E-state index contributed by atoms with van der Waals surface area (Å²) in [6.07, 6.45) is 6.93. The number of ether oxygens (including phenoxy) is 2. The molecule has 146 valence electrons. The van der Waals surface area contributed by atoms with Crippen LogP contribution in [0.5, 0.6) is 11.5 Å². The van der Waals surface area contributed by atoms with Gasteiger partial charge in [-0.05, 0) is 93.9 Å². The second-order valence-electron chi connectivity index (χ2n) is 9.28. The monoisotopic (exact) mass is 370 g/mol. The Bertz CT molecular complexity index is 720. The molecule has 1 aromatic carbocycles. The lowest BCUT2D eigenvalue weighted by Gasteiger charge is -2.30. The van der Waals surface area contributed by atoms with Crippen LogP contribution >= 0.6 is 0 Å². The predicted octanol–water partition coefficient (Wildman–Crippen LogP) is 5.01. The Labute approximate surface area is 161 Å². The van der Waals surface area contributed by atoms with Gasteiger partial charge in [0.25, 0.3) is 0 Å². The second-order valence-corrected chi connectivity index (χ2v) is 9.28. The number of benzene rings is 1. The second kappa shape index (κ2) is 6.96. The Morgan fingerprint density at radius 3 is 2.26 bits per heavy atom. The first-order valence-corrected chi connectivity index (χ1v) is 10.4. The average Bonchev–Trinajstić information content (AvgIpc) is 3.36. The normalized spacial score (nSPS) is 31.6. The van der Waals surface area contributed by atoms with Gasteiger partial charge in [0.2, 0.25) is 0 Å². The molecule has 5 atom stereocenters. The minimum Gasteiger partial charge on any atom is -0.426 e. The molecule has 0 radical (unpaired) electrons. The molecule has 0 amide bonds. The lowest BCUT2D eigenvalue weighted by atomic mass is 9.76. The molecule has 1 aromatic rings. The third kappa shape index (κ3) is 3.39. The smallest absolute Gasteiger partial charge is 0.316 e. The third-order valence-electron chi connectivity index (χ3n) is 7.42. The van der Waals surface area contributed by atoms with Crippen molar-refractivity contribution in [1.29, 1.82) is 0 Å². The lowest BCUT2D eigenvalue weighted by molar-refractivity contribution is -0.144. The van der Waals surface area contributed by atoms with E-state index in [1.54, 1.807) is 24.3 Å². The van der Waals surface area contributed by atoms with Gasteiger partial charge in [-0.2, -0.15) is 0 Å². The van der Waals surface area contributed by atoms with E-state index < -0.39 is 5.41 Å². The molecule has 3 fully saturated rings. The zero-order valence-corrected chi connectivity index (χ0v) is 16.6. The van der Waals surface area contributed by atoms with Crippen molar-refractivity contribution in [2.24, 2.45) is 35.0 Å². The van der Waals surface area contributed by atoms with Crippen LogP contribution in [0, 0.1) is 35.0 Å². The molecular weight excluding hydrogens is 340 g/mol. The molecule has 3 aliphatic carbocycles. The molecule has 0 heterocycles. The van der Waals surface area contributed by atoms with Gasteiger partial charge in [0.05, 0.1) is 11.3 Å². The molecule has 3 aliphatic rings. The summed E-state index contributed by atoms with van der Waals surface area (Å²) in [5.74, 6) is 3.65. The van der Waals surface area contributed by atoms with E-state index in [9.17, 15) is 9.59 Å². The van der Waals surface area contributed by atoms with Gasteiger partial charge in [-0.15, -0.1) is 0 Å². The fourth-order valence-corrected chi connectivity index (χ4v) is 5.50. The summed E-state index contributed by atoms with van der Waals surface area (Å²) < 4.78 is 11.1. The highest BCUT2D eigenvalue weighted by Gasteiger charge is 2.56. The van der Waals surface area contributed by atoms with Crippen molar-refractivity contribution in [3.8, 4) is 11.5 Å². The molecule has 4 heteroatoms. The summed E-state index contributed by atoms with van der Waals surface area (Å²) in [5.41, 5.74) is -0.509. The average molecular weight is 370 g/mol. The molecule has 0 saturated heterocycles. The molecule has 0 aromatic heterocycles. The summed E-state index contributed by atoms with van der Waals surface area (Å²) in [6.45, 7) is 5.71. The maximum atomic E-state index is 12.7. The van der Waals surface area contributed by atoms with Crippen LogP contribution < -0.4 is 9.47 Å². The van der Waals surface area contributed by atoms with Crippen LogP contribution in [0.1, 0.15) is 59.3 Å². The lowest BCUT2D eigenvalue weighted by Crippen LogP contribution is -2.32. The molecule has 0 aliphatic heterocycles. The number of carbonyl (C=O) groups excluding carboxylic acids is 2. The topological polar surface area (TPSA) is 52.6 Å². The van der Waals surface area contributed by atoms with E-state index in [2.05, 4.69) is 0 Å². The van der Waals surface area contributed by atoms with E-state index >= 15 is 0 Å². The first kappa shape index (κ1) is 18.5. The summed E-state index contributed by atoms with van der Waals surface area (Å²) >= 11 is 0. The van der Waals surface area contributed by atoms with Gasteiger partial charge in [-0.3, -0.25) is 9.59 Å². The van der Waals surface area contributed by atoms with Crippen LogP contribution in [0.15, 0.2) is 24.3 Å². The molecule has 0 N–H and O–H groups in total. The highest BCUT2D eigenvalue weighted by Crippen LogP contribution is 2.61. The maximum absolute atomic E-state index is 12.7. The summed E-state index contributed by atoms with van der Waals surface area (Å²) in [7, 11) is 0. The van der Waals surface area contributed by atoms with E-state index in [4.69, 9.17) is 9.47 Å². The predicted molar refractivity (Wildman–Crippen MR) is 102 cm³/mol. The number of hydrogen-bond donors (Lipinski definition) is 0. The van der Waals surface area contributed by atoms with Crippen molar-refractivity contribution in [3.63, 3.8) is 0 Å². The highest BCUT2D eigenvalue weighted by atomic mass is 16.5. The van der Waals surface area contributed by atoms with Gasteiger partial charge in [0, 0.05) is 0 Å². The van der Waals surface area contributed by atoms with Gasteiger partial charge in [-0.25, -0.2) is 0 Å². The van der Waals surface area contributed by atoms with Gasteiger partial charge < -0.3 is 9.47 Å². The van der Waals surface area contributed by atoms with E-state index in [0.717, 1.165) is 24.2 Å². The summed E-state index contributed by atoms with van der Waals surface area (Å²) in [6, 6.07) is 6.82. The Kier molecular flexibility index (Phi) is 4.77. The molecular formula is C23H30O4. The van der Waals surface area contributed by atoms with Crippen LogP contribution in [-0.4, -0.2) is 11.9 Å². The van der Waals surface area contributed by atoms with Gasteiger partial charge in [0.1, 0.15) is 11.5 Å². The molecule has 4 rings (SSSR count). The Hall–Kier alpha value is -1.84. The summed E-state index contributed by atoms with van der Waals surface area (Å²) in [5, 5.41) is 0. The maximum Gasteiger partial charge on any atom is 0.316 e. The molecule has 27 heavy (non-hydrogen) atoms. The van der Waals surface area contributed by atoms with Gasteiger partial charge in [0.15, 0.2) is 0 Å². The van der Waals surface area contributed by atoms with Crippen LogP contribution in [0.2, 0.25) is 0 Å². The van der Waals surface area contributed by atoms with E-state index in [-0.39, 0.29) is 17.9 Å². The zero-order valence-electron chi connectivity index (χ0n) is 16.6. The molecule has 0 spiro atoms. The van der Waals surface area contributed by atoms with Crippen molar-refractivity contribution in [2.75, 3.05) is 0 Å². The van der Waals surface area contributed by atoms with Crippen LogP contribution in [0.25, 0.3) is 0 Å². The van der Waals surface area contributed by atoms with Crippen molar-refractivity contribution in [2.45, 2.75) is 59.3 Å². The number of rotatable bonds is 5. The van der Waals surface area contributed by atoms with Crippen LogP contribution in [-0.2, 0) is 9.59 Å². The summed E-state index contributed by atoms with van der Waals surface area (Å²) in [4.78, 5) is 24.9. The molecule has 2 bridgehead atoms. The van der Waals surface area contributed by atoms with E-state index in [0.29, 0.717) is 23.8 Å². The minimum atomic E-state index is -0.509. The number of esters is 2. The highest BCUT2D eigenvalue weighted by molar-refractivity contribution is 5.78.